The summed E-state index contributed by atoms with van der Waals surface area (Å²) in [6.45, 7) is 0. The predicted molar refractivity (Wildman–Crippen MR) is 162 cm³/mol. The van der Waals surface area contributed by atoms with E-state index >= 15 is 0 Å². The maximum absolute atomic E-state index is 5.08. The number of fused-ring (bicyclic) bond motifs is 1. The zero-order chi connectivity index (χ0) is 26.7. The van der Waals surface area contributed by atoms with Gasteiger partial charge in [0.05, 0.1) is 11.4 Å². The van der Waals surface area contributed by atoms with Crippen molar-refractivity contribution in [3.63, 3.8) is 0 Å². The highest BCUT2D eigenvalue weighted by atomic mass is 14.9. The molecule has 0 amide bonds. The number of nitrogens with zero attached hydrogens (tertiary/aromatic N) is 4. The van der Waals surface area contributed by atoms with Crippen molar-refractivity contribution in [3.8, 4) is 56.2 Å². The van der Waals surface area contributed by atoms with E-state index < -0.39 is 0 Å². The molecule has 0 radical (unpaired) electrons. The van der Waals surface area contributed by atoms with Crippen LogP contribution in [0.2, 0.25) is 0 Å². The minimum Gasteiger partial charge on any atom is -0.244 e. The number of benzene rings is 5. The third-order valence-electron chi connectivity index (χ3n) is 7.03. The molecule has 7 aromatic rings. The molecule has 2 heterocycles. The van der Waals surface area contributed by atoms with Gasteiger partial charge in [-0.15, -0.1) is 0 Å². The Labute approximate surface area is 232 Å². The van der Waals surface area contributed by atoms with Gasteiger partial charge in [0.2, 0.25) is 0 Å². The van der Waals surface area contributed by atoms with Crippen LogP contribution in [0, 0.1) is 0 Å². The van der Waals surface area contributed by atoms with Crippen molar-refractivity contribution in [2.24, 2.45) is 0 Å². The lowest BCUT2D eigenvalue weighted by Crippen LogP contribution is -1.97. The quantitative estimate of drug-likeness (QED) is 0.231. The number of rotatable bonds is 5. The molecule has 0 aliphatic carbocycles. The van der Waals surface area contributed by atoms with Crippen LogP contribution in [-0.2, 0) is 0 Å². The van der Waals surface area contributed by atoms with Crippen LogP contribution in [0.3, 0.4) is 0 Å². The van der Waals surface area contributed by atoms with Crippen LogP contribution in [0.5, 0.6) is 0 Å². The molecule has 0 fully saturated rings. The Morgan fingerprint density at radius 1 is 0.350 bits per heavy atom. The summed E-state index contributed by atoms with van der Waals surface area (Å²) >= 11 is 0. The molecule has 0 atom stereocenters. The maximum Gasteiger partial charge on any atom is 0.160 e. The molecular weight excluding hydrogens is 488 g/mol. The van der Waals surface area contributed by atoms with E-state index in [9.17, 15) is 0 Å². The van der Waals surface area contributed by atoms with Crippen molar-refractivity contribution in [3.05, 3.63) is 146 Å². The topological polar surface area (TPSA) is 51.6 Å². The van der Waals surface area contributed by atoms with E-state index in [-0.39, 0.29) is 0 Å². The van der Waals surface area contributed by atoms with Crippen molar-refractivity contribution in [2.75, 3.05) is 0 Å². The van der Waals surface area contributed by atoms with E-state index in [1.165, 1.54) is 10.8 Å². The summed E-state index contributed by atoms with van der Waals surface area (Å²) in [5, 5.41) is 2.41. The summed E-state index contributed by atoms with van der Waals surface area (Å²) < 4.78 is 0. The van der Waals surface area contributed by atoms with Gasteiger partial charge in [-0.05, 0) is 57.8 Å². The van der Waals surface area contributed by atoms with Crippen molar-refractivity contribution < 1.29 is 0 Å². The molecule has 0 spiro atoms. The molecule has 188 valence electrons. The number of hydrogen-bond acceptors (Lipinski definition) is 4. The Hall–Kier alpha value is -5.48. The van der Waals surface area contributed by atoms with E-state index in [1.807, 2.05) is 48.8 Å². The molecule has 4 nitrogen and oxygen atoms in total. The van der Waals surface area contributed by atoms with Crippen molar-refractivity contribution in [1.82, 2.24) is 19.9 Å². The first-order valence-corrected chi connectivity index (χ1v) is 13.2. The smallest absolute Gasteiger partial charge is 0.160 e. The molecule has 7 rings (SSSR count). The van der Waals surface area contributed by atoms with Gasteiger partial charge >= 0.3 is 0 Å². The van der Waals surface area contributed by atoms with Gasteiger partial charge in [-0.1, -0.05) is 97.1 Å². The highest BCUT2D eigenvalue weighted by Gasteiger charge is 2.14. The fourth-order valence-corrected chi connectivity index (χ4v) is 5.00. The van der Waals surface area contributed by atoms with Crippen LogP contribution in [0.15, 0.2) is 146 Å². The Bertz CT molecular complexity index is 1880. The molecule has 2 aromatic heterocycles. The zero-order valence-corrected chi connectivity index (χ0v) is 21.6. The Morgan fingerprint density at radius 2 is 0.900 bits per heavy atom. The molecule has 0 saturated heterocycles. The molecule has 0 saturated carbocycles. The lowest BCUT2D eigenvalue weighted by atomic mass is 9.95. The van der Waals surface area contributed by atoms with Gasteiger partial charge in [0.15, 0.2) is 5.82 Å². The summed E-state index contributed by atoms with van der Waals surface area (Å²) in [6, 6.07) is 44.1. The molecule has 0 N–H and O–H groups in total. The van der Waals surface area contributed by atoms with E-state index in [0.29, 0.717) is 5.82 Å². The van der Waals surface area contributed by atoms with Crippen molar-refractivity contribution >= 4 is 10.8 Å². The highest BCUT2D eigenvalue weighted by molar-refractivity contribution is 5.89. The van der Waals surface area contributed by atoms with Crippen LogP contribution < -0.4 is 0 Å². The fourth-order valence-electron chi connectivity index (χ4n) is 5.00. The van der Waals surface area contributed by atoms with Crippen LogP contribution in [0.1, 0.15) is 0 Å². The number of hydrogen-bond donors (Lipinski definition) is 0. The second-order valence-electron chi connectivity index (χ2n) is 9.68. The average molecular weight is 513 g/mol. The minimum absolute atomic E-state index is 0.668. The summed E-state index contributed by atoms with van der Waals surface area (Å²) in [4.78, 5) is 18.7. The molecule has 40 heavy (non-hydrogen) atoms. The summed E-state index contributed by atoms with van der Waals surface area (Å²) in [7, 11) is 0. The molecule has 5 aromatic carbocycles. The molecule has 4 heteroatoms. The van der Waals surface area contributed by atoms with Gasteiger partial charge in [-0.2, -0.15) is 0 Å². The van der Waals surface area contributed by atoms with Gasteiger partial charge < -0.3 is 0 Å². The van der Waals surface area contributed by atoms with Crippen LogP contribution in [-0.4, -0.2) is 19.9 Å². The Balaban J connectivity index is 1.45. The average Bonchev–Trinajstić information content (AvgIpc) is 3.05. The van der Waals surface area contributed by atoms with Gasteiger partial charge in [0.25, 0.3) is 0 Å². The zero-order valence-electron chi connectivity index (χ0n) is 21.6. The van der Waals surface area contributed by atoms with Crippen LogP contribution in [0.4, 0.5) is 0 Å². The third-order valence-corrected chi connectivity index (χ3v) is 7.03. The van der Waals surface area contributed by atoms with Crippen molar-refractivity contribution in [1.29, 1.82) is 0 Å². The lowest BCUT2D eigenvalue weighted by Gasteiger charge is -2.13. The molecule has 0 aliphatic rings. The van der Waals surface area contributed by atoms with Gasteiger partial charge in [-0.3, -0.25) is 0 Å². The SMILES string of the molecule is c1ccc(-c2cc(-c3ccccc3)nc(-c3cc(-c4cncnc4)cc(-c4ccc5ccccc5c4)c3)n2)cc1. The first kappa shape index (κ1) is 23.6. The fraction of sp³-hybridized carbons (Fsp3) is 0. The van der Waals surface area contributed by atoms with Gasteiger partial charge in [0.1, 0.15) is 6.33 Å². The summed E-state index contributed by atoms with van der Waals surface area (Å²) in [6.07, 6.45) is 5.23. The van der Waals surface area contributed by atoms with Gasteiger partial charge in [0, 0.05) is 34.6 Å². The van der Waals surface area contributed by atoms with E-state index in [4.69, 9.17) is 9.97 Å². The van der Waals surface area contributed by atoms with Crippen LogP contribution >= 0.6 is 0 Å². The largest absolute Gasteiger partial charge is 0.244 e. The van der Waals surface area contributed by atoms with E-state index in [1.54, 1.807) is 6.33 Å². The van der Waals surface area contributed by atoms with Gasteiger partial charge in [-0.25, -0.2) is 19.9 Å². The van der Waals surface area contributed by atoms with Crippen LogP contribution in [0.25, 0.3) is 66.9 Å². The molecule has 0 bridgehead atoms. The third kappa shape index (κ3) is 4.74. The van der Waals surface area contributed by atoms with Crippen molar-refractivity contribution in [2.45, 2.75) is 0 Å². The molecule has 0 aliphatic heterocycles. The first-order chi connectivity index (χ1) is 19.8. The predicted octanol–water partition coefficient (Wildman–Crippen LogP) is 8.75. The second-order valence-corrected chi connectivity index (χ2v) is 9.68. The lowest BCUT2D eigenvalue weighted by molar-refractivity contribution is 1.17. The van der Waals surface area contributed by atoms with E-state index in [2.05, 4.69) is 101 Å². The standard InChI is InChI=1S/C36H24N4/c1-3-10-26(11-4-1)34-21-35(27-12-5-2-6-13-27)40-36(39-34)32-19-30(18-31(20-32)33-22-37-24-38-23-33)29-16-15-25-9-7-8-14-28(25)17-29/h1-24H. The monoisotopic (exact) mass is 512 g/mol. The Kier molecular flexibility index (Phi) is 6.11. The highest BCUT2D eigenvalue weighted by Crippen LogP contribution is 2.34. The summed E-state index contributed by atoms with van der Waals surface area (Å²) in [5.41, 5.74) is 8.94. The summed E-state index contributed by atoms with van der Waals surface area (Å²) in [5.74, 6) is 0.668. The normalized spacial score (nSPS) is 11.0. The second kappa shape index (κ2) is 10.4. The molecular formula is C36H24N4. The minimum atomic E-state index is 0.668. The maximum atomic E-state index is 5.08. The Morgan fingerprint density at radius 3 is 1.55 bits per heavy atom. The number of aromatic nitrogens is 4. The molecule has 0 unspecified atom stereocenters. The van der Waals surface area contributed by atoms with E-state index in [0.717, 1.165) is 50.3 Å². The first-order valence-electron chi connectivity index (χ1n) is 13.2.